The topological polar surface area (TPSA) is 103 Å². The SMILES string of the molecule is C[C@@H]1C[C@@H](C)CN(S(=O)(=O)c2ccc(NNC(=O)Nc3cccc4ccccc34)nc2)C1. The molecule has 3 N–H and O–H groups in total. The molecule has 2 atom stereocenters. The van der Waals surface area contributed by atoms with Crippen molar-refractivity contribution in [1.29, 1.82) is 0 Å². The van der Waals surface area contributed by atoms with Gasteiger partial charge in [0, 0.05) is 24.7 Å². The number of carbonyl (C=O) groups is 1. The number of rotatable bonds is 5. The molecule has 2 heterocycles. The Bertz CT molecular complexity index is 1200. The third kappa shape index (κ3) is 4.84. The van der Waals surface area contributed by atoms with Crippen LogP contribution >= 0.6 is 0 Å². The molecule has 1 saturated heterocycles. The summed E-state index contributed by atoms with van der Waals surface area (Å²) in [7, 11) is -3.59. The maximum atomic E-state index is 13.0. The first kappa shape index (κ1) is 22.0. The Labute approximate surface area is 188 Å². The summed E-state index contributed by atoms with van der Waals surface area (Å²) >= 11 is 0. The molecule has 0 bridgehead atoms. The minimum atomic E-state index is -3.59. The second kappa shape index (κ2) is 9.13. The zero-order valence-electron chi connectivity index (χ0n) is 18.1. The molecule has 32 heavy (non-hydrogen) atoms. The second-order valence-electron chi connectivity index (χ2n) is 8.38. The first-order valence-corrected chi connectivity index (χ1v) is 12.0. The Balaban J connectivity index is 1.38. The molecule has 168 valence electrons. The van der Waals surface area contributed by atoms with Crippen molar-refractivity contribution in [2.75, 3.05) is 23.8 Å². The first-order valence-electron chi connectivity index (χ1n) is 10.6. The van der Waals surface area contributed by atoms with E-state index in [4.69, 9.17) is 0 Å². The summed E-state index contributed by atoms with van der Waals surface area (Å²) in [6.07, 6.45) is 2.34. The Morgan fingerprint density at radius 1 is 1.00 bits per heavy atom. The average molecular weight is 454 g/mol. The van der Waals surface area contributed by atoms with Crippen LogP contribution in [0.3, 0.4) is 0 Å². The summed E-state index contributed by atoms with van der Waals surface area (Å²) in [6.45, 7) is 5.17. The molecule has 0 aliphatic carbocycles. The number of nitrogens with one attached hydrogen (secondary N) is 3. The first-order chi connectivity index (χ1) is 15.3. The van der Waals surface area contributed by atoms with Gasteiger partial charge in [0.2, 0.25) is 10.0 Å². The second-order valence-corrected chi connectivity index (χ2v) is 10.3. The fourth-order valence-electron chi connectivity index (χ4n) is 4.17. The zero-order valence-corrected chi connectivity index (χ0v) is 18.9. The summed E-state index contributed by atoms with van der Waals surface area (Å²) in [5, 5.41) is 4.75. The van der Waals surface area contributed by atoms with Crippen LogP contribution in [0.5, 0.6) is 0 Å². The van der Waals surface area contributed by atoms with Gasteiger partial charge in [0.1, 0.15) is 10.7 Å². The molecule has 1 aromatic heterocycles. The fraction of sp³-hybridized carbons (Fsp3) is 0.304. The van der Waals surface area contributed by atoms with Crippen molar-refractivity contribution < 1.29 is 13.2 Å². The lowest BCUT2D eigenvalue weighted by atomic mass is 9.94. The van der Waals surface area contributed by atoms with Crippen LogP contribution in [0.25, 0.3) is 10.8 Å². The zero-order chi connectivity index (χ0) is 22.7. The van der Waals surface area contributed by atoms with Gasteiger partial charge >= 0.3 is 6.03 Å². The van der Waals surface area contributed by atoms with Crippen molar-refractivity contribution in [3.8, 4) is 0 Å². The predicted molar refractivity (Wildman–Crippen MR) is 126 cm³/mol. The molecule has 0 spiro atoms. The van der Waals surface area contributed by atoms with Gasteiger partial charge in [-0.25, -0.2) is 18.2 Å². The monoisotopic (exact) mass is 453 g/mol. The third-order valence-electron chi connectivity index (χ3n) is 5.55. The third-order valence-corrected chi connectivity index (χ3v) is 7.37. The highest BCUT2D eigenvalue weighted by molar-refractivity contribution is 7.89. The maximum Gasteiger partial charge on any atom is 0.337 e. The van der Waals surface area contributed by atoms with Gasteiger partial charge in [-0.15, -0.1) is 0 Å². The van der Waals surface area contributed by atoms with E-state index in [1.807, 2.05) is 42.5 Å². The van der Waals surface area contributed by atoms with Crippen LogP contribution in [0, 0.1) is 11.8 Å². The summed E-state index contributed by atoms with van der Waals surface area (Å²) in [5.41, 5.74) is 5.91. The van der Waals surface area contributed by atoms with Gasteiger partial charge in [0.25, 0.3) is 0 Å². The van der Waals surface area contributed by atoms with Crippen LogP contribution in [-0.4, -0.2) is 36.8 Å². The van der Waals surface area contributed by atoms with Crippen LogP contribution in [0.1, 0.15) is 20.3 Å². The number of benzene rings is 2. The van der Waals surface area contributed by atoms with Gasteiger partial charge in [0.15, 0.2) is 0 Å². The maximum absolute atomic E-state index is 13.0. The van der Waals surface area contributed by atoms with Gasteiger partial charge in [-0.1, -0.05) is 50.2 Å². The molecule has 9 heteroatoms. The van der Waals surface area contributed by atoms with Crippen molar-refractivity contribution >= 4 is 38.3 Å². The molecule has 1 aliphatic rings. The lowest BCUT2D eigenvalue weighted by Crippen LogP contribution is -2.42. The number of sulfonamides is 1. The van der Waals surface area contributed by atoms with E-state index >= 15 is 0 Å². The van der Waals surface area contributed by atoms with Gasteiger partial charge < -0.3 is 5.32 Å². The Morgan fingerprint density at radius 2 is 1.72 bits per heavy atom. The van der Waals surface area contributed by atoms with Gasteiger partial charge in [-0.2, -0.15) is 4.31 Å². The molecule has 2 amide bonds. The van der Waals surface area contributed by atoms with Gasteiger partial charge in [-0.05, 0) is 41.8 Å². The Morgan fingerprint density at radius 3 is 2.44 bits per heavy atom. The van der Waals surface area contributed by atoms with E-state index in [1.165, 1.54) is 22.6 Å². The molecule has 3 aromatic rings. The summed E-state index contributed by atoms with van der Waals surface area (Å²) < 4.78 is 27.4. The van der Waals surface area contributed by atoms with E-state index in [0.717, 1.165) is 17.2 Å². The van der Waals surface area contributed by atoms with Crippen molar-refractivity contribution in [1.82, 2.24) is 14.7 Å². The number of pyridine rings is 1. The molecule has 2 aromatic carbocycles. The standard InChI is InChI=1S/C23H27N5O3S/c1-16-12-17(2)15-28(14-16)32(30,31)19-10-11-22(24-13-19)26-27-23(29)25-21-9-5-7-18-6-3-4-8-20(18)21/h3-11,13,16-17H,12,14-15H2,1-2H3,(H,24,26)(H2,25,27,29)/t16-,17-/m1/s1. The number of nitrogens with zero attached hydrogens (tertiary/aromatic N) is 2. The van der Waals surface area contributed by atoms with Crippen LogP contribution in [0.2, 0.25) is 0 Å². The van der Waals surface area contributed by atoms with Crippen LogP contribution < -0.4 is 16.2 Å². The van der Waals surface area contributed by atoms with Crippen molar-refractivity contribution in [2.45, 2.75) is 25.2 Å². The van der Waals surface area contributed by atoms with Crippen molar-refractivity contribution in [2.24, 2.45) is 11.8 Å². The minimum absolute atomic E-state index is 0.143. The molecule has 1 aliphatic heterocycles. The Kier molecular flexibility index (Phi) is 6.29. The van der Waals surface area contributed by atoms with E-state index in [-0.39, 0.29) is 4.90 Å². The largest absolute Gasteiger partial charge is 0.337 e. The lowest BCUT2D eigenvalue weighted by molar-refractivity contribution is 0.222. The molecule has 1 fully saturated rings. The number of hydrazine groups is 1. The quantitative estimate of drug-likeness (QED) is 0.506. The highest BCUT2D eigenvalue weighted by Gasteiger charge is 2.31. The Hall–Kier alpha value is -3.17. The highest BCUT2D eigenvalue weighted by Crippen LogP contribution is 2.27. The average Bonchev–Trinajstić information content (AvgIpc) is 2.77. The summed E-state index contributed by atoms with van der Waals surface area (Å²) in [5.74, 6) is 0.983. The number of hydrogen-bond donors (Lipinski definition) is 3. The van der Waals surface area contributed by atoms with Crippen LogP contribution in [0.4, 0.5) is 16.3 Å². The van der Waals surface area contributed by atoms with Crippen LogP contribution in [-0.2, 0) is 10.0 Å². The van der Waals surface area contributed by atoms with E-state index in [1.54, 1.807) is 0 Å². The summed E-state index contributed by atoms with van der Waals surface area (Å²) in [4.78, 5) is 16.6. The smallest absolute Gasteiger partial charge is 0.306 e. The summed E-state index contributed by atoms with van der Waals surface area (Å²) in [6, 6.07) is 16.0. The molecule has 0 unspecified atom stereocenters. The fourth-order valence-corrected chi connectivity index (χ4v) is 5.79. The van der Waals surface area contributed by atoms with E-state index < -0.39 is 16.1 Å². The van der Waals surface area contributed by atoms with Crippen molar-refractivity contribution in [3.05, 3.63) is 60.8 Å². The van der Waals surface area contributed by atoms with Crippen LogP contribution in [0.15, 0.2) is 65.7 Å². The predicted octanol–water partition coefficient (Wildman–Crippen LogP) is 4.05. The highest BCUT2D eigenvalue weighted by atomic mass is 32.2. The van der Waals surface area contributed by atoms with Gasteiger partial charge in [0.05, 0.1) is 5.69 Å². The molecule has 8 nitrogen and oxygen atoms in total. The van der Waals surface area contributed by atoms with Gasteiger partial charge in [-0.3, -0.25) is 10.9 Å². The number of urea groups is 1. The molecular formula is C23H27N5O3S. The lowest BCUT2D eigenvalue weighted by Gasteiger charge is -2.33. The minimum Gasteiger partial charge on any atom is -0.306 e. The van der Waals surface area contributed by atoms with E-state index in [9.17, 15) is 13.2 Å². The molecule has 0 saturated carbocycles. The number of hydrogen-bond acceptors (Lipinski definition) is 5. The molecular weight excluding hydrogens is 426 g/mol. The number of piperidine rings is 1. The molecule has 4 rings (SSSR count). The molecule has 0 radical (unpaired) electrons. The number of carbonyl (C=O) groups excluding carboxylic acids is 1. The van der Waals surface area contributed by atoms with Crippen molar-refractivity contribution in [3.63, 3.8) is 0 Å². The number of amides is 2. The van der Waals surface area contributed by atoms with E-state index in [0.29, 0.717) is 36.4 Å². The number of anilines is 2. The number of fused-ring (bicyclic) bond motifs is 1. The normalized spacial score (nSPS) is 19.4. The van der Waals surface area contributed by atoms with E-state index in [2.05, 4.69) is 35.0 Å². The number of aromatic nitrogens is 1.